The van der Waals surface area contributed by atoms with Gasteiger partial charge in [-0.2, -0.15) is 0 Å². The number of nitrogens with zero attached hydrogens (tertiary/aromatic N) is 1. The molecule has 0 spiro atoms. The lowest BCUT2D eigenvalue weighted by Crippen LogP contribution is -2.39. The number of carbonyl (C=O) groups excluding carboxylic acids is 1. The molecule has 0 aromatic rings. The molecule has 4 nitrogen and oxygen atoms in total. The highest BCUT2D eigenvalue weighted by Gasteiger charge is 2.26. The fourth-order valence-corrected chi connectivity index (χ4v) is 1.87. The molecule has 0 aliphatic carbocycles. The first-order valence-electron chi connectivity index (χ1n) is 5.13. The molecule has 0 aromatic carbocycles. The number of carboxylic acids is 1. The van der Waals surface area contributed by atoms with E-state index in [9.17, 15) is 9.59 Å². The predicted molar refractivity (Wildman–Crippen MR) is 51.8 cm³/mol. The van der Waals surface area contributed by atoms with Crippen molar-refractivity contribution < 1.29 is 14.7 Å². The lowest BCUT2D eigenvalue weighted by molar-refractivity contribution is -0.140. The molecule has 80 valence electrons. The molecule has 1 aliphatic rings. The van der Waals surface area contributed by atoms with Crippen LogP contribution in [0.4, 0.5) is 0 Å². The molecule has 1 N–H and O–H groups in total. The van der Waals surface area contributed by atoms with Crippen LogP contribution in [-0.2, 0) is 9.59 Å². The molecular formula is C10H17NO3. The molecule has 14 heavy (non-hydrogen) atoms. The van der Waals surface area contributed by atoms with Gasteiger partial charge >= 0.3 is 5.97 Å². The Morgan fingerprint density at radius 1 is 1.64 bits per heavy atom. The lowest BCUT2D eigenvalue weighted by Gasteiger charge is -2.30. The van der Waals surface area contributed by atoms with Crippen molar-refractivity contribution in [1.29, 1.82) is 0 Å². The second kappa shape index (κ2) is 4.98. The number of hydrogen-bond donors (Lipinski definition) is 1. The number of piperidine rings is 1. The van der Waals surface area contributed by atoms with Crippen LogP contribution in [0, 0.1) is 5.92 Å². The third kappa shape index (κ3) is 3.01. The third-order valence-electron chi connectivity index (χ3n) is 2.58. The first kappa shape index (κ1) is 11.0. The van der Waals surface area contributed by atoms with E-state index < -0.39 is 5.97 Å². The summed E-state index contributed by atoms with van der Waals surface area (Å²) in [5.41, 5.74) is 0. The van der Waals surface area contributed by atoms with E-state index in [4.69, 9.17) is 5.11 Å². The average Bonchev–Trinajstić information content (AvgIpc) is 2.09. The highest BCUT2D eigenvalue weighted by Crippen LogP contribution is 2.21. The van der Waals surface area contributed by atoms with Gasteiger partial charge in [-0.15, -0.1) is 0 Å². The smallest absolute Gasteiger partial charge is 0.303 e. The Hall–Kier alpha value is -1.06. The Morgan fingerprint density at radius 2 is 2.36 bits per heavy atom. The molecule has 1 fully saturated rings. The molecule has 1 unspecified atom stereocenters. The van der Waals surface area contributed by atoms with Crippen molar-refractivity contribution in [2.75, 3.05) is 13.1 Å². The van der Waals surface area contributed by atoms with Crippen LogP contribution in [0.1, 0.15) is 32.6 Å². The fraction of sp³-hybridized carbons (Fsp3) is 0.800. The molecule has 1 atom stereocenters. The van der Waals surface area contributed by atoms with Gasteiger partial charge < -0.3 is 10.0 Å². The first-order chi connectivity index (χ1) is 6.63. The second-order valence-corrected chi connectivity index (χ2v) is 3.84. The van der Waals surface area contributed by atoms with E-state index in [0.717, 1.165) is 25.9 Å². The van der Waals surface area contributed by atoms with Crippen molar-refractivity contribution in [1.82, 2.24) is 4.90 Å². The Morgan fingerprint density at radius 3 is 2.86 bits per heavy atom. The van der Waals surface area contributed by atoms with Crippen molar-refractivity contribution in [3.63, 3.8) is 0 Å². The molecular weight excluding hydrogens is 182 g/mol. The zero-order valence-corrected chi connectivity index (χ0v) is 8.53. The summed E-state index contributed by atoms with van der Waals surface area (Å²) < 4.78 is 0. The summed E-state index contributed by atoms with van der Waals surface area (Å²) in [7, 11) is 0. The molecule has 1 rings (SSSR count). The monoisotopic (exact) mass is 199 g/mol. The van der Waals surface area contributed by atoms with Gasteiger partial charge in [0.05, 0.1) is 0 Å². The fourth-order valence-electron chi connectivity index (χ4n) is 1.87. The Labute approximate surface area is 83.9 Å². The normalized spacial score (nSPS) is 22.5. The molecule has 0 bridgehead atoms. The first-order valence-corrected chi connectivity index (χ1v) is 5.13. The zero-order chi connectivity index (χ0) is 10.6. The van der Waals surface area contributed by atoms with E-state index in [1.54, 1.807) is 0 Å². The minimum absolute atomic E-state index is 0.0492. The number of amides is 1. The van der Waals surface area contributed by atoms with Crippen LogP contribution in [0.3, 0.4) is 0 Å². The summed E-state index contributed by atoms with van der Waals surface area (Å²) in [6, 6.07) is 0. The largest absolute Gasteiger partial charge is 0.481 e. The summed E-state index contributed by atoms with van der Waals surface area (Å²) in [4.78, 5) is 23.8. The SMILES string of the molecule is CCCN1CCC(CC(=O)O)CC1=O. The van der Waals surface area contributed by atoms with Gasteiger partial charge in [0.1, 0.15) is 0 Å². The van der Waals surface area contributed by atoms with Crippen LogP contribution >= 0.6 is 0 Å². The number of likely N-dealkylation sites (tertiary alicyclic amines) is 1. The third-order valence-corrected chi connectivity index (χ3v) is 2.58. The van der Waals surface area contributed by atoms with Crippen LogP contribution in [0.2, 0.25) is 0 Å². The van der Waals surface area contributed by atoms with E-state index in [1.165, 1.54) is 0 Å². The molecule has 0 radical (unpaired) electrons. The van der Waals surface area contributed by atoms with Gasteiger partial charge in [-0.1, -0.05) is 6.92 Å². The molecule has 1 heterocycles. The van der Waals surface area contributed by atoms with Crippen molar-refractivity contribution in [3.05, 3.63) is 0 Å². The minimum Gasteiger partial charge on any atom is -0.481 e. The molecule has 0 saturated carbocycles. The summed E-state index contributed by atoms with van der Waals surface area (Å²) in [6.45, 7) is 3.57. The highest BCUT2D eigenvalue weighted by atomic mass is 16.4. The number of rotatable bonds is 4. The van der Waals surface area contributed by atoms with Crippen molar-refractivity contribution in [2.24, 2.45) is 5.92 Å². The lowest BCUT2D eigenvalue weighted by atomic mass is 9.93. The molecule has 0 aromatic heterocycles. The van der Waals surface area contributed by atoms with Gasteiger partial charge in [-0.05, 0) is 18.8 Å². The van der Waals surface area contributed by atoms with Gasteiger partial charge in [-0.3, -0.25) is 9.59 Å². The summed E-state index contributed by atoms with van der Waals surface area (Å²) in [5, 5.41) is 8.60. The maximum atomic E-state index is 11.5. The number of aliphatic carboxylic acids is 1. The van der Waals surface area contributed by atoms with Gasteiger partial charge in [0.15, 0.2) is 0 Å². The second-order valence-electron chi connectivity index (χ2n) is 3.84. The summed E-state index contributed by atoms with van der Waals surface area (Å²) >= 11 is 0. The Balaban J connectivity index is 2.38. The van der Waals surface area contributed by atoms with Crippen molar-refractivity contribution in [2.45, 2.75) is 32.6 Å². The maximum absolute atomic E-state index is 11.5. The van der Waals surface area contributed by atoms with Crippen LogP contribution < -0.4 is 0 Å². The minimum atomic E-state index is -0.799. The van der Waals surface area contributed by atoms with Crippen molar-refractivity contribution in [3.8, 4) is 0 Å². The zero-order valence-electron chi connectivity index (χ0n) is 8.53. The Bertz CT molecular complexity index is 227. The van der Waals surface area contributed by atoms with Gasteiger partial charge in [0.2, 0.25) is 5.91 Å². The van der Waals surface area contributed by atoms with Crippen LogP contribution in [0.25, 0.3) is 0 Å². The van der Waals surface area contributed by atoms with E-state index in [1.807, 2.05) is 11.8 Å². The van der Waals surface area contributed by atoms with Gasteiger partial charge in [-0.25, -0.2) is 0 Å². The Kier molecular flexibility index (Phi) is 3.92. The number of carbonyl (C=O) groups is 2. The predicted octanol–water partition coefficient (Wildman–Crippen LogP) is 1.11. The summed E-state index contributed by atoms with van der Waals surface area (Å²) in [5.74, 6) is -0.635. The van der Waals surface area contributed by atoms with Gasteiger partial charge in [0, 0.05) is 25.9 Å². The van der Waals surface area contributed by atoms with E-state index in [-0.39, 0.29) is 18.2 Å². The van der Waals surface area contributed by atoms with E-state index >= 15 is 0 Å². The number of hydrogen-bond acceptors (Lipinski definition) is 2. The van der Waals surface area contributed by atoms with Crippen LogP contribution in [-0.4, -0.2) is 35.0 Å². The molecule has 4 heteroatoms. The number of carboxylic acid groups (broad SMARTS) is 1. The van der Waals surface area contributed by atoms with Crippen LogP contribution in [0.5, 0.6) is 0 Å². The van der Waals surface area contributed by atoms with Crippen molar-refractivity contribution >= 4 is 11.9 Å². The van der Waals surface area contributed by atoms with Gasteiger partial charge in [0.25, 0.3) is 0 Å². The summed E-state index contributed by atoms with van der Waals surface area (Å²) in [6.07, 6.45) is 2.34. The molecule has 1 saturated heterocycles. The average molecular weight is 199 g/mol. The highest BCUT2D eigenvalue weighted by molar-refractivity contribution is 5.78. The maximum Gasteiger partial charge on any atom is 0.303 e. The van der Waals surface area contributed by atoms with Crippen LogP contribution in [0.15, 0.2) is 0 Å². The standard InChI is InChI=1S/C10H17NO3/c1-2-4-11-5-3-8(6-9(11)12)7-10(13)14/h8H,2-7H2,1H3,(H,13,14). The molecule has 1 amide bonds. The topological polar surface area (TPSA) is 57.6 Å². The molecule has 1 aliphatic heterocycles. The van der Waals surface area contributed by atoms with E-state index in [2.05, 4.69) is 0 Å². The van der Waals surface area contributed by atoms with E-state index in [0.29, 0.717) is 6.42 Å². The quantitative estimate of drug-likeness (QED) is 0.737.